The average Bonchev–Trinajstić information content (AvgIpc) is 2.45. The molecule has 5 heteroatoms. The summed E-state index contributed by atoms with van der Waals surface area (Å²) in [7, 11) is 1.57. The van der Waals surface area contributed by atoms with Crippen molar-refractivity contribution >= 4 is 11.4 Å². The number of hydrogen-bond donors (Lipinski definition) is 1. The number of hydrogen-bond acceptors (Lipinski definition) is 4. The molecule has 0 amide bonds. The van der Waals surface area contributed by atoms with Gasteiger partial charge in [-0.1, -0.05) is 12.2 Å². The molecule has 0 saturated carbocycles. The zero-order chi connectivity index (χ0) is 13.7. The smallest absolute Gasteiger partial charge is 0.271 e. The van der Waals surface area contributed by atoms with E-state index in [1.54, 1.807) is 13.2 Å². The first-order valence-corrected chi connectivity index (χ1v) is 6.42. The highest BCUT2D eigenvalue weighted by atomic mass is 16.6. The number of non-ortho nitro benzene ring substituents is 1. The van der Waals surface area contributed by atoms with Crippen LogP contribution in [0.25, 0.3) is 0 Å². The van der Waals surface area contributed by atoms with Crippen LogP contribution in [0, 0.1) is 16.0 Å². The quantitative estimate of drug-likeness (QED) is 0.502. The summed E-state index contributed by atoms with van der Waals surface area (Å²) in [6.45, 7) is 0.807. The van der Waals surface area contributed by atoms with Gasteiger partial charge < -0.3 is 10.1 Å². The summed E-state index contributed by atoms with van der Waals surface area (Å²) in [6.07, 6.45) is 7.72. The number of rotatable bonds is 5. The number of nitro benzene ring substituents is 1. The molecule has 0 bridgehead atoms. The molecule has 102 valence electrons. The fourth-order valence-corrected chi connectivity index (χ4v) is 2.24. The van der Waals surface area contributed by atoms with E-state index in [4.69, 9.17) is 4.74 Å². The van der Waals surface area contributed by atoms with Crippen molar-refractivity contribution < 1.29 is 9.66 Å². The molecule has 0 saturated heterocycles. The van der Waals surface area contributed by atoms with Crippen molar-refractivity contribution in [2.24, 2.45) is 5.92 Å². The summed E-state index contributed by atoms with van der Waals surface area (Å²) in [5.41, 5.74) is 0.762. The third kappa shape index (κ3) is 3.47. The molecule has 1 aliphatic carbocycles. The monoisotopic (exact) mass is 262 g/mol. The molecule has 1 N–H and O–H groups in total. The molecule has 1 atom stereocenters. The van der Waals surface area contributed by atoms with Crippen LogP contribution in [0.3, 0.4) is 0 Å². The van der Waals surface area contributed by atoms with Crippen molar-refractivity contribution in [3.05, 3.63) is 40.5 Å². The molecule has 0 aromatic heterocycles. The van der Waals surface area contributed by atoms with Crippen LogP contribution in [0.15, 0.2) is 30.4 Å². The lowest BCUT2D eigenvalue weighted by atomic mass is 9.94. The van der Waals surface area contributed by atoms with Crippen LogP contribution in [-0.4, -0.2) is 18.6 Å². The largest absolute Gasteiger partial charge is 0.495 e. The fourth-order valence-electron chi connectivity index (χ4n) is 2.24. The number of methoxy groups -OCH3 is 1. The fraction of sp³-hybridized carbons (Fsp3) is 0.429. The first-order valence-electron chi connectivity index (χ1n) is 6.42. The highest BCUT2D eigenvalue weighted by Gasteiger charge is 2.14. The first-order chi connectivity index (χ1) is 9.20. The zero-order valence-corrected chi connectivity index (χ0v) is 11.0. The lowest BCUT2D eigenvalue weighted by molar-refractivity contribution is -0.384. The predicted octanol–water partition coefficient (Wildman–Crippen LogP) is 3.37. The Bertz CT molecular complexity index is 486. The van der Waals surface area contributed by atoms with E-state index < -0.39 is 4.92 Å². The highest BCUT2D eigenvalue weighted by Crippen LogP contribution is 2.29. The summed E-state index contributed by atoms with van der Waals surface area (Å²) in [4.78, 5) is 10.4. The van der Waals surface area contributed by atoms with E-state index in [0.29, 0.717) is 17.4 Å². The Morgan fingerprint density at radius 2 is 2.32 bits per heavy atom. The number of allylic oxidation sites excluding steroid dienone is 2. The van der Waals surface area contributed by atoms with Crippen molar-refractivity contribution in [1.29, 1.82) is 0 Å². The summed E-state index contributed by atoms with van der Waals surface area (Å²) in [5, 5.41) is 14.1. The Hall–Kier alpha value is -2.04. The van der Waals surface area contributed by atoms with Gasteiger partial charge in [-0.25, -0.2) is 0 Å². The SMILES string of the molecule is COc1ccc([N+](=O)[O-])cc1NCC1CC=CCC1. The Morgan fingerprint density at radius 1 is 1.47 bits per heavy atom. The van der Waals surface area contributed by atoms with Gasteiger partial charge in [0.1, 0.15) is 5.75 Å². The molecule has 5 nitrogen and oxygen atoms in total. The molecule has 0 fully saturated rings. The van der Waals surface area contributed by atoms with Crippen LogP contribution >= 0.6 is 0 Å². The van der Waals surface area contributed by atoms with Crippen molar-refractivity contribution in [3.8, 4) is 5.75 Å². The lowest BCUT2D eigenvalue weighted by Crippen LogP contribution is -2.15. The Balaban J connectivity index is 2.06. The molecule has 0 spiro atoms. The Kier molecular flexibility index (Phi) is 4.39. The van der Waals surface area contributed by atoms with Crippen molar-refractivity contribution in [2.45, 2.75) is 19.3 Å². The van der Waals surface area contributed by atoms with Gasteiger partial charge in [0.15, 0.2) is 0 Å². The number of ether oxygens (including phenoxy) is 1. The highest BCUT2D eigenvalue weighted by molar-refractivity contribution is 5.61. The van der Waals surface area contributed by atoms with E-state index in [2.05, 4.69) is 17.5 Å². The minimum Gasteiger partial charge on any atom is -0.495 e. The van der Waals surface area contributed by atoms with Crippen LogP contribution in [0.4, 0.5) is 11.4 Å². The minimum atomic E-state index is -0.395. The molecule has 1 aromatic carbocycles. The summed E-state index contributed by atoms with van der Waals surface area (Å²) in [5.74, 6) is 1.21. The van der Waals surface area contributed by atoms with Crippen LogP contribution in [0.5, 0.6) is 5.75 Å². The van der Waals surface area contributed by atoms with Gasteiger partial charge in [0, 0.05) is 18.7 Å². The van der Waals surface area contributed by atoms with Crippen molar-refractivity contribution in [3.63, 3.8) is 0 Å². The molecule has 1 aliphatic rings. The zero-order valence-electron chi connectivity index (χ0n) is 11.0. The van der Waals surface area contributed by atoms with Gasteiger partial charge in [-0.3, -0.25) is 10.1 Å². The Morgan fingerprint density at radius 3 is 2.95 bits per heavy atom. The predicted molar refractivity (Wildman–Crippen MR) is 74.6 cm³/mol. The summed E-state index contributed by atoms with van der Waals surface area (Å²) >= 11 is 0. The maximum Gasteiger partial charge on any atom is 0.271 e. The van der Waals surface area contributed by atoms with Crippen molar-refractivity contribution in [2.75, 3.05) is 19.0 Å². The topological polar surface area (TPSA) is 64.4 Å². The first kappa shape index (κ1) is 13.4. The molecule has 0 radical (unpaired) electrons. The Labute approximate surface area is 112 Å². The minimum absolute atomic E-state index is 0.0758. The van der Waals surface area contributed by atoms with Crippen molar-refractivity contribution in [1.82, 2.24) is 0 Å². The third-order valence-corrected chi connectivity index (χ3v) is 3.35. The second kappa shape index (κ2) is 6.22. The molecule has 0 heterocycles. The van der Waals surface area contributed by atoms with Gasteiger partial charge in [-0.2, -0.15) is 0 Å². The molecule has 2 rings (SSSR count). The lowest BCUT2D eigenvalue weighted by Gasteiger charge is -2.19. The van der Waals surface area contributed by atoms with E-state index in [9.17, 15) is 10.1 Å². The van der Waals surface area contributed by atoms with Crippen LogP contribution in [0.1, 0.15) is 19.3 Å². The van der Waals surface area contributed by atoms with E-state index in [-0.39, 0.29) is 5.69 Å². The average molecular weight is 262 g/mol. The molecule has 1 unspecified atom stereocenters. The van der Waals surface area contributed by atoms with Gasteiger partial charge in [-0.15, -0.1) is 0 Å². The molecule has 1 aromatic rings. The van der Waals surface area contributed by atoms with E-state index in [0.717, 1.165) is 25.8 Å². The van der Waals surface area contributed by atoms with E-state index in [1.165, 1.54) is 12.1 Å². The second-order valence-electron chi connectivity index (χ2n) is 4.67. The number of anilines is 1. The number of benzene rings is 1. The van der Waals surface area contributed by atoms with Crippen LogP contribution in [-0.2, 0) is 0 Å². The number of nitrogens with zero attached hydrogens (tertiary/aromatic N) is 1. The number of nitro groups is 1. The van der Waals surface area contributed by atoms with Gasteiger partial charge in [-0.05, 0) is 31.2 Å². The molecular formula is C14H18N2O3. The normalized spacial score (nSPS) is 18.1. The van der Waals surface area contributed by atoms with Gasteiger partial charge in [0.25, 0.3) is 5.69 Å². The maximum atomic E-state index is 10.8. The summed E-state index contributed by atoms with van der Waals surface area (Å²) in [6, 6.07) is 4.60. The third-order valence-electron chi connectivity index (χ3n) is 3.35. The van der Waals surface area contributed by atoms with E-state index >= 15 is 0 Å². The molecule has 19 heavy (non-hydrogen) atoms. The van der Waals surface area contributed by atoms with E-state index in [1.807, 2.05) is 0 Å². The van der Waals surface area contributed by atoms with Crippen LogP contribution in [0.2, 0.25) is 0 Å². The maximum absolute atomic E-state index is 10.8. The molecular weight excluding hydrogens is 244 g/mol. The van der Waals surface area contributed by atoms with Crippen LogP contribution < -0.4 is 10.1 Å². The standard InChI is InChI=1S/C14H18N2O3/c1-19-14-8-7-12(16(17)18)9-13(14)15-10-11-5-3-2-4-6-11/h2-3,7-9,11,15H,4-6,10H2,1H3. The second-order valence-corrected chi connectivity index (χ2v) is 4.67. The summed E-state index contributed by atoms with van der Waals surface area (Å²) < 4.78 is 5.22. The van der Waals surface area contributed by atoms with Gasteiger partial charge in [0.05, 0.1) is 17.7 Å². The molecule has 0 aliphatic heterocycles. The van der Waals surface area contributed by atoms with Gasteiger partial charge >= 0.3 is 0 Å². The van der Waals surface area contributed by atoms with Gasteiger partial charge in [0.2, 0.25) is 0 Å². The number of nitrogens with one attached hydrogen (secondary N) is 1.